The van der Waals surface area contributed by atoms with Gasteiger partial charge in [-0.1, -0.05) is 53.5 Å². The van der Waals surface area contributed by atoms with Crippen LogP contribution in [0, 0.1) is 0 Å². The van der Waals surface area contributed by atoms with Gasteiger partial charge in [-0.05, 0) is 61.9 Å². The molecule has 0 unspecified atom stereocenters. The molecule has 3 rings (SSSR count). The van der Waals surface area contributed by atoms with Crippen molar-refractivity contribution in [2.45, 2.75) is 37.5 Å². The number of benzene rings is 3. The number of alkyl halides is 3. The van der Waals surface area contributed by atoms with E-state index in [9.17, 15) is 31.2 Å². The average molecular weight is 616 g/mol. The molecular formula is C27H26Cl2F3N3O4S. The molecule has 0 saturated heterocycles. The maximum atomic E-state index is 13.8. The molecule has 3 aromatic rings. The Kier molecular flexibility index (Phi) is 10.1. The maximum absolute atomic E-state index is 13.8. The van der Waals surface area contributed by atoms with Gasteiger partial charge >= 0.3 is 6.18 Å². The van der Waals surface area contributed by atoms with E-state index in [0.29, 0.717) is 21.0 Å². The summed E-state index contributed by atoms with van der Waals surface area (Å²) in [6, 6.07) is 15.0. The fourth-order valence-corrected chi connectivity index (χ4v) is 5.74. The van der Waals surface area contributed by atoms with Crippen molar-refractivity contribution >= 4 is 50.7 Å². The standard InChI is InChI=1S/C27H26Cl2F3N3O4S/c1-3-33-26(37)18(2)34(16-19-8-7-9-20(28)14-19)25(36)17-35(40(38,39)22-10-5-4-6-11-22)21-12-13-24(29)23(15-21)27(30,31)32/h4-15,18H,3,16-17H2,1-2H3,(H,33,37)/t18-/m0/s1. The first kappa shape index (κ1) is 31.3. The number of amides is 2. The van der Waals surface area contributed by atoms with Crippen LogP contribution in [0.25, 0.3) is 0 Å². The third kappa shape index (κ3) is 7.47. The molecule has 0 aliphatic heterocycles. The van der Waals surface area contributed by atoms with Crippen molar-refractivity contribution in [1.82, 2.24) is 10.2 Å². The molecule has 0 radical (unpaired) electrons. The molecular weight excluding hydrogens is 590 g/mol. The lowest BCUT2D eigenvalue weighted by atomic mass is 10.1. The molecule has 0 heterocycles. The van der Waals surface area contributed by atoms with Crippen LogP contribution >= 0.6 is 23.2 Å². The molecule has 3 aromatic carbocycles. The summed E-state index contributed by atoms with van der Waals surface area (Å²) in [6.45, 7) is 2.42. The zero-order valence-electron chi connectivity index (χ0n) is 21.5. The second-order valence-electron chi connectivity index (χ2n) is 8.71. The number of anilines is 1. The Bertz CT molecular complexity index is 1470. The van der Waals surface area contributed by atoms with E-state index in [0.717, 1.165) is 17.0 Å². The fraction of sp³-hybridized carbons (Fsp3) is 0.259. The Labute approximate surface area is 240 Å². The van der Waals surface area contributed by atoms with Gasteiger partial charge in [0.2, 0.25) is 11.8 Å². The summed E-state index contributed by atoms with van der Waals surface area (Å²) in [7, 11) is -4.54. The quantitative estimate of drug-likeness (QED) is 0.314. The molecule has 2 amide bonds. The molecule has 0 aromatic heterocycles. The number of likely N-dealkylation sites (N-methyl/N-ethyl adjacent to an activating group) is 1. The number of halogens is 5. The molecule has 0 aliphatic carbocycles. The molecule has 1 atom stereocenters. The number of rotatable bonds is 10. The van der Waals surface area contributed by atoms with Crippen molar-refractivity contribution < 1.29 is 31.2 Å². The van der Waals surface area contributed by atoms with Crippen LogP contribution in [0.15, 0.2) is 77.7 Å². The monoisotopic (exact) mass is 615 g/mol. The predicted octanol–water partition coefficient (Wildman–Crippen LogP) is 5.76. The lowest BCUT2D eigenvalue weighted by Crippen LogP contribution is -2.51. The molecule has 7 nitrogen and oxygen atoms in total. The minimum absolute atomic E-state index is 0.120. The first-order valence-electron chi connectivity index (χ1n) is 12.0. The summed E-state index contributed by atoms with van der Waals surface area (Å²) in [6.07, 6.45) is -4.88. The van der Waals surface area contributed by atoms with Crippen LogP contribution in [0.1, 0.15) is 25.0 Å². The van der Waals surface area contributed by atoms with Crippen molar-refractivity contribution in [3.63, 3.8) is 0 Å². The predicted molar refractivity (Wildman–Crippen MR) is 148 cm³/mol. The van der Waals surface area contributed by atoms with Gasteiger partial charge in [0.15, 0.2) is 0 Å². The van der Waals surface area contributed by atoms with Crippen LogP contribution in [-0.2, 0) is 32.3 Å². The highest BCUT2D eigenvalue weighted by atomic mass is 35.5. The smallest absolute Gasteiger partial charge is 0.355 e. The van der Waals surface area contributed by atoms with E-state index in [1.54, 1.807) is 37.3 Å². The van der Waals surface area contributed by atoms with E-state index in [4.69, 9.17) is 23.2 Å². The minimum Gasteiger partial charge on any atom is -0.355 e. The lowest BCUT2D eigenvalue weighted by Gasteiger charge is -2.32. The minimum atomic E-state index is -4.88. The van der Waals surface area contributed by atoms with Crippen LogP contribution in [0.3, 0.4) is 0 Å². The summed E-state index contributed by atoms with van der Waals surface area (Å²) in [5, 5.41) is 2.37. The van der Waals surface area contributed by atoms with E-state index < -0.39 is 56.9 Å². The molecule has 0 aliphatic rings. The van der Waals surface area contributed by atoms with Gasteiger partial charge in [0, 0.05) is 18.1 Å². The van der Waals surface area contributed by atoms with Crippen LogP contribution in [0.2, 0.25) is 10.0 Å². The maximum Gasteiger partial charge on any atom is 0.417 e. The van der Waals surface area contributed by atoms with E-state index in [1.165, 1.54) is 31.2 Å². The number of hydrogen-bond acceptors (Lipinski definition) is 4. The normalized spacial score (nSPS) is 12.5. The van der Waals surface area contributed by atoms with Gasteiger partial charge < -0.3 is 10.2 Å². The summed E-state index contributed by atoms with van der Waals surface area (Å²) in [4.78, 5) is 27.4. The van der Waals surface area contributed by atoms with Gasteiger partial charge in [-0.3, -0.25) is 13.9 Å². The fourth-order valence-electron chi connectivity index (χ4n) is 3.87. The Morgan fingerprint density at radius 2 is 1.65 bits per heavy atom. The van der Waals surface area contributed by atoms with Gasteiger partial charge in [-0.2, -0.15) is 13.2 Å². The second-order valence-corrected chi connectivity index (χ2v) is 11.4. The third-order valence-electron chi connectivity index (χ3n) is 5.91. The Morgan fingerprint density at radius 3 is 2.25 bits per heavy atom. The first-order chi connectivity index (χ1) is 18.8. The summed E-state index contributed by atoms with van der Waals surface area (Å²) in [5.74, 6) is -1.33. The highest BCUT2D eigenvalue weighted by molar-refractivity contribution is 7.92. The van der Waals surface area contributed by atoms with Crippen molar-refractivity contribution in [3.8, 4) is 0 Å². The first-order valence-corrected chi connectivity index (χ1v) is 14.2. The molecule has 13 heteroatoms. The number of carbonyl (C=O) groups excluding carboxylic acids is 2. The molecule has 0 bridgehead atoms. The zero-order valence-corrected chi connectivity index (χ0v) is 23.8. The highest BCUT2D eigenvalue weighted by Crippen LogP contribution is 2.38. The number of hydrogen-bond donors (Lipinski definition) is 1. The molecule has 0 fully saturated rings. The van der Waals surface area contributed by atoms with Gasteiger partial charge in [-0.15, -0.1) is 0 Å². The van der Waals surface area contributed by atoms with E-state index >= 15 is 0 Å². The Balaban J connectivity index is 2.11. The average Bonchev–Trinajstić information content (AvgIpc) is 2.90. The largest absolute Gasteiger partial charge is 0.417 e. The van der Waals surface area contributed by atoms with Gasteiger partial charge in [0.05, 0.1) is 21.2 Å². The van der Waals surface area contributed by atoms with Gasteiger partial charge in [-0.25, -0.2) is 8.42 Å². The van der Waals surface area contributed by atoms with Crippen molar-refractivity contribution in [3.05, 3.63) is 94.0 Å². The van der Waals surface area contributed by atoms with Crippen molar-refractivity contribution in [2.24, 2.45) is 0 Å². The topological polar surface area (TPSA) is 86.8 Å². The van der Waals surface area contributed by atoms with Gasteiger partial charge in [0.1, 0.15) is 12.6 Å². The summed E-state index contributed by atoms with van der Waals surface area (Å²) in [5.41, 5.74) is -1.14. The van der Waals surface area contributed by atoms with Crippen molar-refractivity contribution in [2.75, 3.05) is 17.4 Å². The van der Waals surface area contributed by atoms with Crippen molar-refractivity contribution in [1.29, 1.82) is 0 Å². The number of nitrogens with zero attached hydrogens (tertiary/aromatic N) is 2. The SMILES string of the molecule is CCNC(=O)[C@H](C)N(Cc1cccc(Cl)c1)C(=O)CN(c1ccc(Cl)c(C(F)(F)F)c1)S(=O)(=O)c1ccccc1. The van der Waals surface area contributed by atoms with E-state index in [1.807, 2.05) is 0 Å². The molecule has 214 valence electrons. The molecule has 1 N–H and O–H groups in total. The molecule has 0 spiro atoms. The van der Waals surface area contributed by atoms with Crippen LogP contribution in [0.4, 0.5) is 18.9 Å². The summed E-state index contributed by atoms with van der Waals surface area (Å²) < 4.78 is 68.9. The highest BCUT2D eigenvalue weighted by Gasteiger charge is 2.36. The number of nitrogens with one attached hydrogen (secondary N) is 1. The number of carbonyl (C=O) groups is 2. The van der Waals surface area contributed by atoms with Crippen LogP contribution in [-0.4, -0.2) is 44.3 Å². The molecule has 0 saturated carbocycles. The van der Waals surface area contributed by atoms with E-state index in [2.05, 4.69) is 5.32 Å². The van der Waals surface area contributed by atoms with Gasteiger partial charge in [0.25, 0.3) is 10.0 Å². The van der Waals surface area contributed by atoms with Crippen LogP contribution in [0.5, 0.6) is 0 Å². The Hall–Kier alpha value is -3.28. The summed E-state index contributed by atoms with van der Waals surface area (Å²) >= 11 is 11.8. The third-order valence-corrected chi connectivity index (χ3v) is 8.27. The zero-order chi connectivity index (χ0) is 29.7. The van der Waals surface area contributed by atoms with Crippen LogP contribution < -0.4 is 9.62 Å². The lowest BCUT2D eigenvalue weighted by molar-refractivity contribution is -0.139. The van der Waals surface area contributed by atoms with E-state index in [-0.39, 0.29) is 18.0 Å². The second kappa shape index (κ2) is 12.9. The number of sulfonamides is 1. The molecule has 40 heavy (non-hydrogen) atoms. The Morgan fingerprint density at radius 1 is 0.975 bits per heavy atom.